The van der Waals surface area contributed by atoms with Crippen LogP contribution in [0, 0.1) is 5.92 Å². The predicted molar refractivity (Wildman–Crippen MR) is 89.2 cm³/mol. The van der Waals surface area contributed by atoms with Crippen LogP contribution in [0.5, 0.6) is 0 Å². The minimum Gasteiger partial charge on any atom is -0.480 e. The Balaban J connectivity index is 1.49. The molecule has 1 unspecified atom stereocenters. The minimum absolute atomic E-state index is 0.122. The van der Waals surface area contributed by atoms with E-state index < -0.39 is 12.0 Å². The van der Waals surface area contributed by atoms with Crippen LogP contribution in [0.1, 0.15) is 31.2 Å². The summed E-state index contributed by atoms with van der Waals surface area (Å²) >= 11 is 0. The van der Waals surface area contributed by atoms with E-state index in [1.807, 2.05) is 12.1 Å². The second kappa shape index (κ2) is 6.82. The average Bonchev–Trinajstić information content (AvgIpc) is 3.37. The van der Waals surface area contributed by atoms with Crippen molar-refractivity contribution in [2.45, 2.75) is 38.1 Å². The number of aryl methyl sites for hydroxylation is 1. The van der Waals surface area contributed by atoms with Crippen LogP contribution in [-0.4, -0.2) is 23.0 Å². The summed E-state index contributed by atoms with van der Waals surface area (Å²) in [6.45, 7) is 0. The van der Waals surface area contributed by atoms with Gasteiger partial charge in [0.15, 0.2) is 0 Å². The first kappa shape index (κ1) is 15.5. The zero-order chi connectivity index (χ0) is 16.2. The molecule has 1 amide bonds. The van der Waals surface area contributed by atoms with Crippen LogP contribution in [0.4, 0.5) is 0 Å². The Morgan fingerprint density at radius 3 is 2.57 bits per heavy atom. The molecule has 3 rings (SSSR count). The molecule has 0 spiro atoms. The highest BCUT2D eigenvalue weighted by molar-refractivity contribution is 5.84. The molecule has 0 heterocycles. The first-order valence-corrected chi connectivity index (χ1v) is 8.13. The highest BCUT2D eigenvalue weighted by Gasteiger charge is 2.37. The monoisotopic (exact) mass is 311 g/mol. The molecule has 4 heteroatoms. The Morgan fingerprint density at radius 1 is 1.13 bits per heavy atom. The summed E-state index contributed by atoms with van der Waals surface area (Å²) in [6.07, 6.45) is 3.70. The highest BCUT2D eigenvalue weighted by atomic mass is 16.4. The van der Waals surface area contributed by atoms with Gasteiger partial charge in [0.25, 0.3) is 0 Å². The number of nitrogens with one attached hydrogen (secondary N) is 1. The van der Waals surface area contributed by atoms with Gasteiger partial charge in [-0.25, -0.2) is 4.79 Å². The average molecular weight is 311 g/mol. The molecule has 0 saturated heterocycles. The Kier molecular flexibility index (Phi) is 4.60. The third-order valence-corrected chi connectivity index (χ3v) is 4.36. The van der Waals surface area contributed by atoms with Crippen molar-refractivity contribution >= 4 is 22.6 Å². The Hall–Kier alpha value is -2.36. The van der Waals surface area contributed by atoms with Crippen molar-refractivity contribution in [1.29, 1.82) is 0 Å². The molecule has 120 valence electrons. The number of carbonyl (C=O) groups excluding carboxylic acids is 1. The lowest BCUT2D eigenvalue weighted by Gasteiger charge is -2.13. The van der Waals surface area contributed by atoms with Gasteiger partial charge in [0.2, 0.25) is 5.91 Å². The molecule has 4 nitrogen and oxygen atoms in total. The standard InChI is InChI=1S/C19H21NO3/c21-17(20-18(19(22)23)15-10-11-15)7-3-4-13-8-9-14-5-1-2-6-16(14)12-13/h1-2,5-6,8-9,12,15,18H,3-4,7,10-11H2,(H,20,21)(H,22,23). The lowest BCUT2D eigenvalue weighted by Crippen LogP contribution is -2.42. The van der Waals surface area contributed by atoms with E-state index in [1.54, 1.807) is 0 Å². The summed E-state index contributed by atoms with van der Waals surface area (Å²) in [4.78, 5) is 23.0. The highest BCUT2D eigenvalue weighted by Crippen LogP contribution is 2.32. The SMILES string of the molecule is O=C(CCCc1ccc2ccccc2c1)NC(C(=O)O)C1CC1. The van der Waals surface area contributed by atoms with E-state index in [-0.39, 0.29) is 11.8 Å². The van der Waals surface area contributed by atoms with Gasteiger partial charge in [-0.05, 0) is 47.9 Å². The molecular weight excluding hydrogens is 290 g/mol. The maximum atomic E-state index is 11.9. The first-order chi connectivity index (χ1) is 11.1. The molecule has 1 aliphatic rings. The van der Waals surface area contributed by atoms with Crippen LogP contribution in [0.2, 0.25) is 0 Å². The third kappa shape index (κ3) is 4.09. The number of hydrogen-bond acceptors (Lipinski definition) is 2. The fraction of sp³-hybridized carbons (Fsp3) is 0.368. The zero-order valence-corrected chi connectivity index (χ0v) is 13.0. The summed E-state index contributed by atoms with van der Waals surface area (Å²) in [6, 6.07) is 13.8. The number of fused-ring (bicyclic) bond motifs is 1. The van der Waals surface area contributed by atoms with Crippen molar-refractivity contribution in [2.24, 2.45) is 5.92 Å². The normalized spacial score (nSPS) is 15.3. The number of carbonyl (C=O) groups is 2. The van der Waals surface area contributed by atoms with Crippen LogP contribution in [-0.2, 0) is 16.0 Å². The fourth-order valence-electron chi connectivity index (χ4n) is 2.90. The van der Waals surface area contributed by atoms with E-state index >= 15 is 0 Å². The number of rotatable bonds is 7. The first-order valence-electron chi connectivity index (χ1n) is 8.13. The molecule has 0 aliphatic heterocycles. The van der Waals surface area contributed by atoms with E-state index in [0.29, 0.717) is 6.42 Å². The molecule has 23 heavy (non-hydrogen) atoms. The van der Waals surface area contributed by atoms with Crippen molar-refractivity contribution in [3.63, 3.8) is 0 Å². The van der Waals surface area contributed by atoms with E-state index in [9.17, 15) is 9.59 Å². The Morgan fingerprint density at radius 2 is 1.87 bits per heavy atom. The van der Waals surface area contributed by atoms with Crippen LogP contribution >= 0.6 is 0 Å². The number of aliphatic carboxylic acids is 1. The van der Waals surface area contributed by atoms with E-state index in [1.165, 1.54) is 16.3 Å². The third-order valence-electron chi connectivity index (χ3n) is 4.36. The minimum atomic E-state index is -0.921. The molecule has 1 atom stereocenters. The van der Waals surface area contributed by atoms with Crippen LogP contribution in [0.3, 0.4) is 0 Å². The number of carboxylic acids is 1. The topological polar surface area (TPSA) is 66.4 Å². The van der Waals surface area contributed by atoms with E-state index in [0.717, 1.165) is 25.7 Å². The molecule has 0 bridgehead atoms. The van der Waals surface area contributed by atoms with Crippen molar-refractivity contribution in [3.05, 3.63) is 48.0 Å². The van der Waals surface area contributed by atoms with Crippen LogP contribution in [0.15, 0.2) is 42.5 Å². The van der Waals surface area contributed by atoms with Gasteiger partial charge in [-0.3, -0.25) is 4.79 Å². The Labute approximate surface area is 135 Å². The quantitative estimate of drug-likeness (QED) is 0.825. The molecule has 1 saturated carbocycles. The molecule has 1 fully saturated rings. The number of carboxylic acid groups (broad SMARTS) is 1. The van der Waals surface area contributed by atoms with Crippen molar-refractivity contribution in [3.8, 4) is 0 Å². The van der Waals surface area contributed by atoms with Crippen molar-refractivity contribution in [2.75, 3.05) is 0 Å². The number of amides is 1. The lowest BCUT2D eigenvalue weighted by atomic mass is 10.0. The smallest absolute Gasteiger partial charge is 0.326 e. The fourth-order valence-corrected chi connectivity index (χ4v) is 2.90. The van der Waals surface area contributed by atoms with Gasteiger partial charge in [0.05, 0.1) is 0 Å². The molecular formula is C19H21NO3. The summed E-state index contributed by atoms with van der Waals surface area (Å²) in [5.74, 6) is -0.961. The maximum absolute atomic E-state index is 11.9. The van der Waals surface area contributed by atoms with Crippen LogP contribution in [0.25, 0.3) is 10.8 Å². The van der Waals surface area contributed by atoms with E-state index in [2.05, 4.69) is 35.6 Å². The number of benzene rings is 2. The summed E-state index contributed by atoms with van der Waals surface area (Å²) in [5, 5.41) is 14.2. The van der Waals surface area contributed by atoms with Crippen molar-refractivity contribution in [1.82, 2.24) is 5.32 Å². The summed E-state index contributed by atoms with van der Waals surface area (Å²) in [7, 11) is 0. The second-order valence-electron chi connectivity index (χ2n) is 6.26. The zero-order valence-electron chi connectivity index (χ0n) is 13.0. The Bertz CT molecular complexity index is 721. The van der Waals surface area contributed by atoms with Gasteiger partial charge in [-0.2, -0.15) is 0 Å². The molecule has 2 aromatic rings. The summed E-state index contributed by atoms with van der Waals surface area (Å²) in [5.41, 5.74) is 1.20. The van der Waals surface area contributed by atoms with Crippen molar-refractivity contribution < 1.29 is 14.7 Å². The summed E-state index contributed by atoms with van der Waals surface area (Å²) < 4.78 is 0. The van der Waals surface area contributed by atoms with Gasteiger partial charge in [0.1, 0.15) is 6.04 Å². The van der Waals surface area contributed by atoms with Gasteiger partial charge in [0, 0.05) is 6.42 Å². The van der Waals surface area contributed by atoms with E-state index in [4.69, 9.17) is 5.11 Å². The largest absolute Gasteiger partial charge is 0.480 e. The molecule has 0 aromatic heterocycles. The molecule has 2 N–H and O–H groups in total. The number of hydrogen-bond donors (Lipinski definition) is 2. The van der Waals surface area contributed by atoms with Gasteiger partial charge >= 0.3 is 5.97 Å². The van der Waals surface area contributed by atoms with Crippen LogP contribution < -0.4 is 5.32 Å². The maximum Gasteiger partial charge on any atom is 0.326 e. The van der Waals surface area contributed by atoms with Gasteiger partial charge in [-0.15, -0.1) is 0 Å². The predicted octanol–water partition coefficient (Wildman–Crippen LogP) is 3.14. The molecule has 0 radical (unpaired) electrons. The molecule has 1 aliphatic carbocycles. The van der Waals surface area contributed by atoms with Gasteiger partial charge in [-0.1, -0.05) is 42.5 Å². The molecule has 2 aromatic carbocycles. The second-order valence-corrected chi connectivity index (χ2v) is 6.26. The lowest BCUT2D eigenvalue weighted by molar-refractivity contribution is -0.142. The van der Waals surface area contributed by atoms with Gasteiger partial charge < -0.3 is 10.4 Å².